The summed E-state index contributed by atoms with van der Waals surface area (Å²) in [7, 11) is 0. The molecule has 0 atom stereocenters. The van der Waals surface area contributed by atoms with Gasteiger partial charge in [0.15, 0.2) is 5.69 Å². The normalized spacial score (nSPS) is 11.0. The number of carboxylic acids is 1. The Morgan fingerprint density at radius 3 is 2.50 bits per heavy atom. The number of benzene rings is 1. The molecule has 4 rings (SSSR count). The molecule has 1 aromatic carbocycles. The highest BCUT2D eigenvalue weighted by Gasteiger charge is 2.22. The van der Waals surface area contributed by atoms with E-state index >= 15 is 0 Å². The van der Waals surface area contributed by atoms with Crippen LogP contribution in [0.2, 0.25) is 0 Å². The fourth-order valence-corrected chi connectivity index (χ4v) is 4.55. The second-order valence-corrected chi connectivity index (χ2v) is 7.66. The van der Waals surface area contributed by atoms with E-state index in [0.717, 1.165) is 27.4 Å². The van der Waals surface area contributed by atoms with E-state index in [1.165, 1.54) is 16.9 Å². The van der Waals surface area contributed by atoms with Crippen molar-refractivity contribution in [1.29, 1.82) is 0 Å². The first kappa shape index (κ1) is 16.7. The van der Waals surface area contributed by atoms with Crippen molar-refractivity contribution >= 4 is 28.6 Å². The van der Waals surface area contributed by atoms with Crippen LogP contribution in [-0.4, -0.2) is 25.8 Å². The summed E-state index contributed by atoms with van der Waals surface area (Å²) < 4.78 is 1.76. The average Bonchev–Trinajstić information content (AvgIpc) is 3.34. The summed E-state index contributed by atoms with van der Waals surface area (Å²) in [6, 6.07) is 12.1. The molecule has 0 aliphatic carbocycles. The van der Waals surface area contributed by atoms with E-state index in [0.29, 0.717) is 5.13 Å². The number of hydrogen-bond acceptors (Lipinski definition) is 5. The van der Waals surface area contributed by atoms with Crippen molar-refractivity contribution in [2.75, 3.05) is 0 Å². The molecule has 0 spiro atoms. The van der Waals surface area contributed by atoms with Crippen LogP contribution in [0.3, 0.4) is 0 Å². The maximum atomic E-state index is 11.2. The Bertz CT molecular complexity index is 1090. The van der Waals surface area contributed by atoms with Gasteiger partial charge in [0.1, 0.15) is 0 Å². The number of aryl methyl sites for hydroxylation is 1. The lowest BCUT2D eigenvalue weighted by Crippen LogP contribution is -2.01. The first-order valence-electron chi connectivity index (χ1n) is 7.94. The molecule has 3 aromatic heterocycles. The monoisotopic (exact) mass is 381 g/mol. The first-order chi connectivity index (χ1) is 12.5. The smallest absolute Gasteiger partial charge is 0.355 e. The third-order valence-corrected chi connectivity index (χ3v) is 5.90. The topological polar surface area (TPSA) is 68.0 Å². The van der Waals surface area contributed by atoms with E-state index in [4.69, 9.17) is 5.10 Å². The van der Waals surface area contributed by atoms with Crippen molar-refractivity contribution in [1.82, 2.24) is 14.8 Å². The minimum absolute atomic E-state index is 0.0349. The summed E-state index contributed by atoms with van der Waals surface area (Å²) in [6.45, 7) is 4.10. The fraction of sp³-hybridized carbons (Fsp3) is 0.105. The van der Waals surface area contributed by atoms with Crippen molar-refractivity contribution in [3.05, 3.63) is 64.0 Å². The third-order valence-electron chi connectivity index (χ3n) is 4.03. The van der Waals surface area contributed by atoms with E-state index < -0.39 is 5.97 Å². The van der Waals surface area contributed by atoms with Crippen molar-refractivity contribution < 1.29 is 9.90 Å². The number of carboxylic acid groups (broad SMARTS) is 1. The molecular weight excluding hydrogens is 366 g/mol. The molecule has 1 N–H and O–H groups in total. The number of thiophene rings is 1. The second-order valence-electron chi connectivity index (χ2n) is 5.91. The van der Waals surface area contributed by atoms with E-state index in [2.05, 4.69) is 23.4 Å². The molecular formula is C19H15N3O2S2. The van der Waals surface area contributed by atoms with Crippen molar-refractivity contribution in [2.45, 2.75) is 13.8 Å². The highest BCUT2D eigenvalue weighted by atomic mass is 32.1. The maximum absolute atomic E-state index is 11.2. The lowest BCUT2D eigenvalue weighted by atomic mass is 10.1. The number of aromatic carboxylic acids is 1. The van der Waals surface area contributed by atoms with E-state index in [1.807, 2.05) is 37.3 Å². The van der Waals surface area contributed by atoms with Gasteiger partial charge in [0.05, 0.1) is 16.3 Å². The lowest BCUT2D eigenvalue weighted by Gasteiger charge is -2.02. The Morgan fingerprint density at radius 1 is 1.12 bits per heavy atom. The van der Waals surface area contributed by atoms with E-state index in [1.54, 1.807) is 21.4 Å². The largest absolute Gasteiger partial charge is 0.476 e. The van der Waals surface area contributed by atoms with E-state index in [9.17, 15) is 9.90 Å². The SMILES string of the molecule is Cc1csc(-c2c(C)c(-c3ccccc3)nn2-c2nc(C(=O)O)cs2)c1. The van der Waals surface area contributed by atoms with Crippen LogP contribution in [0, 0.1) is 13.8 Å². The summed E-state index contributed by atoms with van der Waals surface area (Å²) in [5.74, 6) is -1.03. The van der Waals surface area contributed by atoms with Gasteiger partial charge in [-0.05, 0) is 30.9 Å². The highest BCUT2D eigenvalue weighted by Crippen LogP contribution is 2.37. The summed E-state index contributed by atoms with van der Waals surface area (Å²) in [5, 5.41) is 18.2. The second kappa shape index (κ2) is 6.51. The van der Waals surface area contributed by atoms with Gasteiger partial charge in [0, 0.05) is 16.5 Å². The molecule has 7 heteroatoms. The number of aromatic nitrogens is 3. The molecule has 4 aromatic rings. The molecule has 0 saturated carbocycles. The quantitative estimate of drug-likeness (QED) is 0.538. The molecule has 3 heterocycles. The van der Waals surface area contributed by atoms with Gasteiger partial charge in [0.25, 0.3) is 0 Å². The molecule has 0 bridgehead atoms. The number of thiazole rings is 1. The van der Waals surface area contributed by atoms with Crippen LogP contribution in [0.15, 0.2) is 47.2 Å². The first-order valence-corrected chi connectivity index (χ1v) is 9.70. The third kappa shape index (κ3) is 2.85. The Kier molecular flexibility index (Phi) is 4.18. The Hall–Kier alpha value is -2.77. The zero-order valence-corrected chi connectivity index (χ0v) is 15.8. The molecule has 0 radical (unpaired) electrons. The van der Waals surface area contributed by atoms with Gasteiger partial charge < -0.3 is 5.11 Å². The summed E-state index contributed by atoms with van der Waals surface area (Å²) in [4.78, 5) is 16.5. The number of rotatable bonds is 4. The van der Waals surface area contributed by atoms with Gasteiger partial charge in [-0.25, -0.2) is 14.5 Å². The maximum Gasteiger partial charge on any atom is 0.355 e. The van der Waals surface area contributed by atoms with Crippen molar-refractivity contribution in [3.8, 4) is 27.0 Å². The van der Waals surface area contributed by atoms with E-state index in [-0.39, 0.29) is 5.69 Å². The molecule has 5 nitrogen and oxygen atoms in total. The minimum atomic E-state index is -1.03. The van der Waals surface area contributed by atoms with Crippen molar-refractivity contribution in [3.63, 3.8) is 0 Å². The van der Waals surface area contributed by atoms with Crippen molar-refractivity contribution in [2.24, 2.45) is 0 Å². The molecule has 0 aliphatic heterocycles. The molecule has 0 saturated heterocycles. The van der Waals surface area contributed by atoms with Crippen LogP contribution >= 0.6 is 22.7 Å². The Balaban J connectivity index is 1.95. The predicted octanol–water partition coefficient (Wildman–Crippen LogP) is 5.04. The Labute approximate surface area is 158 Å². The number of carbonyl (C=O) groups is 1. The van der Waals surface area contributed by atoms with Crippen LogP contribution in [0.4, 0.5) is 0 Å². The fourth-order valence-electron chi connectivity index (χ4n) is 2.81. The van der Waals surface area contributed by atoms with Crippen LogP contribution in [0.25, 0.3) is 27.0 Å². The lowest BCUT2D eigenvalue weighted by molar-refractivity contribution is 0.0691. The van der Waals surface area contributed by atoms with Crippen LogP contribution < -0.4 is 0 Å². The Morgan fingerprint density at radius 2 is 1.88 bits per heavy atom. The standard InChI is InChI=1S/C19H15N3O2S2/c1-11-8-15(25-9-11)17-12(2)16(13-6-4-3-5-7-13)21-22(17)19-20-14(10-26-19)18(23)24/h3-10H,1-2H3,(H,23,24). The molecule has 0 amide bonds. The minimum Gasteiger partial charge on any atom is -0.476 e. The van der Waals surface area contributed by atoms with Gasteiger partial charge in [-0.2, -0.15) is 5.10 Å². The zero-order valence-electron chi connectivity index (χ0n) is 14.1. The summed E-state index contributed by atoms with van der Waals surface area (Å²) in [5.41, 5.74) is 5.11. The zero-order chi connectivity index (χ0) is 18.3. The molecule has 130 valence electrons. The summed E-state index contributed by atoms with van der Waals surface area (Å²) in [6.07, 6.45) is 0. The van der Waals surface area contributed by atoms with Gasteiger partial charge in [-0.1, -0.05) is 30.3 Å². The average molecular weight is 381 g/mol. The number of hydrogen-bond donors (Lipinski definition) is 1. The molecule has 26 heavy (non-hydrogen) atoms. The van der Waals surface area contributed by atoms with Crippen LogP contribution in [0.5, 0.6) is 0 Å². The molecule has 0 unspecified atom stereocenters. The molecule has 0 fully saturated rings. The van der Waals surface area contributed by atoms with Crippen LogP contribution in [-0.2, 0) is 0 Å². The van der Waals surface area contributed by atoms with Gasteiger partial charge in [0.2, 0.25) is 5.13 Å². The van der Waals surface area contributed by atoms with Gasteiger partial charge in [-0.3, -0.25) is 0 Å². The summed E-state index contributed by atoms with van der Waals surface area (Å²) >= 11 is 2.92. The number of nitrogens with zero attached hydrogens (tertiary/aromatic N) is 3. The molecule has 0 aliphatic rings. The highest BCUT2D eigenvalue weighted by molar-refractivity contribution is 7.14. The van der Waals surface area contributed by atoms with Crippen LogP contribution in [0.1, 0.15) is 21.6 Å². The van der Waals surface area contributed by atoms with Gasteiger partial charge in [-0.15, -0.1) is 22.7 Å². The van der Waals surface area contributed by atoms with Gasteiger partial charge >= 0.3 is 5.97 Å². The predicted molar refractivity (Wildman–Crippen MR) is 104 cm³/mol.